The lowest BCUT2D eigenvalue weighted by molar-refractivity contribution is -0.118. The number of nitrogens with one attached hydrogen (secondary N) is 4. The molecule has 5 aromatic rings. The summed E-state index contributed by atoms with van der Waals surface area (Å²) in [4.78, 5) is 48.6. The van der Waals surface area contributed by atoms with E-state index in [0.29, 0.717) is 19.4 Å². The molecule has 414 valence electrons. The quantitative estimate of drug-likeness (QED) is 0.0122. The predicted octanol–water partition coefficient (Wildman–Crippen LogP) is 8.26. The molecule has 0 spiro atoms. The molecule has 0 aliphatic carbocycles. The molecular weight excluding hydrogens is 1040 g/mol. The van der Waals surface area contributed by atoms with Gasteiger partial charge in [-0.25, -0.2) is 19.7 Å². The van der Waals surface area contributed by atoms with E-state index in [1.807, 2.05) is 73.6 Å². The van der Waals surface area contributed by atoms with Gasteiger partial charge in [-0.2, -0.15) is 10.2 Å². The smallest absolute Gasteiger partial charge is 0.280 e. The van der Waals surface area contributed by atoms with Crippen molar-refractivity contribution in [2.24, 2.45) is 15.9 Å². The number of carbonyl (C=O) groups excluding carboxylic acids is 1. The zero-order valence-corrected chi connectivity index (χ0v) is 48.0. The Morgan fingerprint density at radius 1 is 0.922 bits per heavy atom. The number of imidazole rings is 1. The molecule has 4 heterocycles. The number of rotatable bonds is 28. The summed E-state index contributed by atoms with van der Waals surface area (Å²) in [6.07, 6.45) is 3.84. The number of aromatic amines is 1. The van der Waals surface area contributed by atoms with E-state index < -0.39 is 57.0 Å². The standard InChI is InChI=1S/C54H74N12O8P2S/c1-37(2)51(67)60-53-59-50-49(52(68)61-53)58-36-65(50)48-32-44(45(74-48)33-70-75(69-29-20-28-56-7)66(38(3)4)39(5)6)63-76(77,71-30-19-27-55)72-34-46-43(31-47(73-46)57-35-64(8)9)62-54(40-21-13-10-14-22-40,41-23-15-11-16-24-41)42-25-17-12-18-26-42/h10-18,21-26,28,35-39,43-48,62H,19-20,29-34H2,1-9H3,(H,63,77)(H2,59,60,61,67,68). The van der Waals surface area contributed by atoms with Crippen molar-refractivity contribution in [3.63, 3.8) is 0 Å². The lowest BCUT2D eigenvalue weighted by atomic mass is 9.76. The summed E-state index contributed by atoms with van der Waals surface area (Å²) < 4.78 is 44.2. The molecule has 2 fully saturated rings. The molecule has 20 nitrogen and oxygen atoms in total. The molecular formula is C54H74N12O8P2S. The molecule has 2 aliphatic rings. The summed E-state index contributed by atoms with van der Waals surface area (Å²) in [5, 5.41) is 20.1. The molecule has 8 atom stereocenters. The van der Waals surface area contributed by atoms with Crippen LogP contribution in [0.3, 0.4) is 0 Å². The second-order valence-electron chi connectivity index (χ2n) is 19.9. The lowest BCUT2D eigenvalue weighted by Gasteiger charge is -2.40. The van der Waals surface area contributed by atoms with Crippen LogP contribution in [-0.4, -0.2) is 138 Å². The number of aliphatic imine (C=N–C) groups is 2. The van der Waals surface area contributed by atoms with E-state index in [1.54, 1.807) is 38.0 Å². The maximum absolute atomic E-state index is 13.4. The SMILES string of the molecule is CN=CCCOP(OCC1OC(n2cnc3c(=O)[nH]c(NC(=O)C(C)C)nc32)CC1NP(=S)(OCCC#N)OCC1OC(N=CN(C)C)CC1NC(c1ccccc1)(c1ccccc1)c1ccccc1)N(C(C)C)C(C)C. The first kappa shape index (κ1) is 59.5. The number of anilines is 1. The van der Waals surface area contributed by atoms with E-state index in [0.717, 1.165) is 16.7 Å². The second-order valence-corrected chi connectivity index (χ2v) is 24.5. The van der Waals surface area contributed by atoms with Crippen LogP contribution in [0.1, 0.15) is 90.1 Å². The maximum atomic E-state index is 13.4. The number of hydrogen-bond acceptors (Lipinski definition) is 16. The largest absolute Gasteiger partial charge is 0.369 e. The Bertz CT molecular complexity index is 2770. The number of H-pyrrole nitrogens is 1. The highest BCUT2D eigenvalue weighted by molar-refractivity contribution is 8.09. The zero-order chi connectivity index (χ0) is 55.1. The summed E-state index contributed by atoms with van der Waals surface area (Å²) in [6, 6.07) is 32.4. The number of nitriles is 1. The van der Waals surface area contributed by atoms with Crippen molar-refractivity contribution in [2.75, 3.05) is 52.9 Å². The third-order valence-corrected chi connectivity index (χ3v) is 17.6. The molecule has 4 N–H and O–H groups in total. The van der Waals surface area contributed by atoms with Gasteiger partial charge in [-0.05, 0) is 56.2 Å². The Hall–Kier alpha value is -5.17. The Morgan fingerprint density at radius 3 is 2.12 bits per heavy atom. The number of carbonyl (C=O) groups is 1. The summed E-state index contributed by atoms with van der Waals surface area (Å²) in [6.45, 7) is 8.72. The molecule has 77 heavy (non-hydrogen) atoms. The highest BCUT2D eigenvalue weighted by atomic mass is 32.5. The first-order chi connectivity index (χ1) is 37.0. The minimum Gasteiger partial charge on any atom is -0.369 e. The predicted molar refractivity (Wildman–Crippen MR) is 305 cm³/mol. The van der Waals surface area contributed by atoms with Crippen molar-refractivity contribution in [3.05, 3.63) is 124 Å². The Morgan fingerprint density at radius 2 is 1.55 bits per heavy atom. The minimum absolute atomic E-state index is 0.0112. The number of fused-ring (bicyclic) bond motifs is 1. The van der Waals surface area contributed by atoms with E-state index in [1.165, 1.54) is 6.33 Å². The molecule has 2 aliphatic heterocycles. The van der Waals surface area contributed by atoms with Gasteiger partial charge in [0.2, 0.25) is 11.9 Å². The first-order valence-electron chi connectivity index (χ1n) is 26.1. The highest BCUT2D eigenvalue weighted by Gasteiger charge is 2.46. The van der Waals surface area contributed by atoms with E-state index in [2.05, 4.69) is 110 Å². The van der Waals surface area contributed by atoms with E-state index in [4.69, 9.17) is 44.4 Å². The van der Waals surface area contributed by atoms with Gasteiger partial charge in [0.05, 0.1) is 69.3 Å². The number of nitrogens with zero attached hydrogens (tertiary/aromatic N) is 8. The van der Waals surface area contributed by atoms with E-state index >= 15 is 0 Å². The molecule has 0 radical (unpaired) electrons. The van der Waals surface area contributed by atoms with Gasteiger partial charge < -0.3 is 37.5 Å². The van der Waals surface area contributed by atoms with Crippen molar-refractivity contribution in [1.29, 1.82) is 5.26 Å². The molecule has 1 amide bonds. The van der Waals surface area contributed by atoms with Gasteiger partial charge in [0.1, 0.15) is 6.23 Å². The molecule has 7 rings (SSSR count). The minimum atomic E-state index is -3.56. The van der Waals surface area contributed by atoms with Gasteiger partial charge in [-0.15, -0.1) is 0 Å². The third kappa shape index (κ3) is 15.4. The monoisotopic (exact) mass is 1110 g/mol. The Labute approximate surface area is 458 Å². The molecule has 0 saturated carbocycles. The van der Waals surface area contributed by atoms with Crippen molar-refractivity contribution >= 4 is 62.5 Å². The number of ether oxygens (including phenoxy) is 2. The fourth-order valence-electron chi connectivity index (χ4n) is 9.37. The molecule has 3 aromatic carbocycles. The van der Waals surface area contributed by atoms with Crippen LogP contribution in [0.5, 0.6) is 0 Å². The van der Waals surface area contributed by atoms with Crippen LogP contribution in [0.2, 0.25) is 0 Å². The highest BCUT2D eigenvalue weighted by Crippen LogP contribution is 2.50. The van der Waals surface area contributed by atoms with Crippen LogP contribution in [0.25, 0.3) is 11.2 Å². The van der Waals surface area contributed by atoms with Gasteiger partial charge in [0.25, 0.3) is 20.7 Å². The average Bonchev–Trinajstić information content (AvgIpc) is 4.16. The second kappa shape index (κ2) is 28.1. The number of hydrogen-bond donors (Lipinski definition) is 4. The summed E-state index contributed by atoms with van der Waals surface area (Å²) in [5.74, 6) is -0.704. The van der Waals surface area contributed by atoms with Crippen LogP contribution in [-0.2, 0) is 49.7 Å². The van der Waals surface area contributed by atoms with Crippen LogP contribution in [0.4, 0.5) is 5.95 Å². The van der Waals surface area contributed by atoms with Crippen LogP contribution < -0.4 is 21.3 Å². The van der Waals surface area contributed by atoms with E-state index in [9.17, 15) is 14.9 Å². The average molecular weight is 1110 g/mol. The van der Waals surface area contributed by atoms with Crippen molar-refractivity contribution in [1.82, 2.24) is 39.5 Å². The van der Waals surface area contributed by atoms with Crippen molar-refractivity contribution in [3.8, 4) is 6.07 Å². The molecule has 8 unspecified atom stereocenters. The van der Waals surface area contributed by atoms with Crippen LogP contribution >= 0.6 is 15.2 Å². The molecule has 2 saturated heterocycles. The maximum Gasteiger partial charge on any atom is 0.280 e. The van der Waals surface area contributed by atoms with Gasteiger partial charge in [0.15, 0.2) is 17.4 Å². The van der Waals surface area contributed by atoms with Crippen molar-refractivity contribution in [2.45, 2.75) is 122 Å². The van der Waals surface area contributed by atoms with Crippen LogP contribution in [0.15, 0.2) is 112 Å². The molecule has 23 heteroatoms. The Kier molecular flexibility index (Phi) is 21.7. The fourth-order valence-corrected chi connectivity index (χ4v) is 13.4. The van der Waals surface area contributed by atoms with Gasteiger partial charge in [0, 0.05) is 76.7 Å². The van der Waals surface area contributed by atoms with Gasteiger partial charge in [-0.3, -0.25) is 29.8 Å². The lowest BCUT2D eigenvalue weighted by Crippen LogP contribution is -2.53. The topological polar surface area (TPSA) is 227 Å². The first-order valence-corrected chi connectivity index (χ1v) is 29.8. The summed E-state index contributed by atoms with van der Waals surface area (Å²) >= 11 is 6.45. The molecule has 2 aromatic heterocycles. The summed E-state index contributed by atoms with van der Waals surface area (Å²) in [5.41, 5.74) is 1.99. The summed E-state index contributed by atoms with van der Waals surface area (Å²) in [7, 11) is 3.94. The number of benzene rings is 3. The fraction of sp³-hybridized carbons (Fsp3) is 0.500. The van der Waals surface area contributed by atoms with E-state index in [-0.39, 0.29) is 79.7 Å². The zero-order valence-electron chi connectivity index (χ0n) is 45.4. The number of amides is 1. The normalized spacial score (nSPS) is 21.2. The number of aromatic nitrogens is 4. The Balaban J connectivity index is 1.24. The van der Waals surface area contributed by atoms with Crippen LogP contribution in [0, 0.1) is 17.2 Å². The van der Waals surface area contributed by atoms with Crippen molar-refractivity contribution < 1.29 is 32.4 Å². The third-order valence-electron chi connectivity index (χ3n) is 12.9. The molecule has 0 bridgehead atoms. The van der Waals surface area contributed by atoms with Gasteiger partial charge in [-0.1, -0.05) is 105 Å². The van der Waals surface area contributed by atoms with Gasteiger partial charge >= 0.3 is 0 Å².